The van der Waals surface area contributed by atoms with Gasteiger partial charge in [0.25, 0.3) is 5.56 Å². The van der Waals surface area contributed by atoms with Crippen molar-refractivity contribution in [3.05, 3.63) is 85.6 Å². The third kappa shape index (κ3) is 2.37. The van der Waals surface area contributed by atoms with Crippen LogP contribution in [0.4, 0.5) is 0 Å². The van der Waals surface area contributed by atoms with E-state index in [0.717, 1.165) is 32.4 Å². The SMILES string of the molecule is Cc1cc(C)cc(-c2c3c(nc4c2c(=O)n(C)c(=O)n4C)-c2ccccc2[C@H]3O)c1. The van der Waals surface area contributed by atoms with Crippen molar-refractivity contribution in [2.75, 3.05) is 0 Å². The molecule has 0 amide bonds. The molecule has 0 bridgehead atoms. The fourth-order valence-electron chi connectivity index (χ4n) is 4.60. The Labute approximate surface area is 172 Å². The first-order chi connectivity index (χ1) is 14.3. The number of hydrogen-bond acceptors (Lipinski definition) is 4. The minimum atomic E-state index is -0.897. The van der Waals surface area contributed by atoms with Crippen LogP contribution in [0.5, 0.6) is 0 Å². The predicted molar refractivity (Wildman–Crippen MR) is 117 cm³/mol. The lowest BCUT2D eigenvalue weighted by molar-refractivity contribution is 0.225. The van der Waals surface area contributed by atoms with E-state index in [2.05, 4.69) is 6.07 Å². The van der Waals surface area contributed by atoms with E-state index in [9.17, 15) is 14.7 Å². The van der Waals surface area contributed by atoms with Crippen LogP contribution < -0.4 is 11.2 Å². The van der Waals surface area contributed by atoms with Gasteiger partial charge in [0.15, 0.2) is 5.65 Å². The third-order valence-electron chi connectivity index (χ3n) is 5.92. The van der Waals surface area contributed by atoms with E-state index < -0.39 is 17.4 Å². The minimum absolute atomic E-state index is 0.319. The largest absolute Gasteiger partial charge is 0.384 e. The van der Waals surface area contributed by atoms with Crippen LogP contribution in [0.15, 0.2) is 52.1 Å². The molecule has 30 heavy (non-hydrogen) atoms. The summed E-state index contributed by atoms with van der Waals surface area (Å²) in [4.78, 5) is 30.6. The van der Waals surface area contributed by atoms with Crippen LogP contribution in [0, 0.1) is 13.8 Å². The van der Waals surface area contributed by atoms with Crippen LogP contribution in [0.2, 0.25) is 0 Å². The van der Waals surface area contributed by atoms with Crippen LogP contribution >= 0.6 is 0 Å². The number of fused-ring (bicyclic) bond motifs is 4. The van der Waals surface area contributed by atoms with Crippen LogP contribution in [0.3, 0.4) is 0 Å². The summed E-state index contributed by atoms with van der Waals surface area (Å²) in [6, 6.07) is 13.6. The van der Waals surface area contributed by atoms with Crippen molar-refractivity contribution < 1.29 is 5.11 Å². The average Bonchev–Trinajstić information content (AvgIpc) is 3.01. The van der Waals surface area contributed by atoms with Gasteiger partial charge in [0.05, 0.1) is 11.1 Å². The van der Waals surface area contributed by atoms with Gasteiger partial charge >= 0.3 is 5.69 Å². The molecular formula is C24H21N3O3. The van der Waals surface area contributed by atoms with Crippen molar-refractivity contribution in [3.8, 4) is 22.4 Å². The highest BCUT2D eigenvalue weighted by atomic mass is 16.3. The molecule has 4 aromatic rings. The fourth-order valence-corrected chi connectivity index (χ4v) is 4.60. The van der Waals surface area contributed by atoms with E-state index in [1.165, 1.54) is 11.6 Å². The number of aliphatic hydroxyl groups excluding tert-OH is 1. The zero-order valence-electron chi connectivity index (χ0n) is 17.2. The van der Waals surface area contributed by atoms with Gasteiger partial charge in [-0.25, -0.2) is 9.78 Å². The second-order valence-corrected chi connectivity index (χ2v) is 8.02. The minimum Gasteiger partial charge on any atom is -0.384 e. The molecule has 0 fully saturated rings. The van der Waals surface area contributed by atoms with Gasteiger partial charge in [-0.05, 0) is 25.0 Å². The Bertz CT molecular complexity index is 1470. The Morgan fingerprint density at radius 2 is 1.63 bits per heavy atom. The number of aliphatic hydroxyl groups is 1. The number of hydrogen-bond donors (Lipinski definition) is 1. The van der Waals surface area contributed by atoms with E-state index in [-0.39, 0.29) is 0 Å². The summed E-state index contributed by atoms with van der Waals surface area (Å²) in [6.07, 6.45) is -0.897. The van der Waals surface area contributed by atoms with Crippen molar-refractivity contribution in [1.29, 1.82) is 0 Å². The van der Waals surface area contributed by atoms with E-state index >= 15 is 0 Å². The summed E-state index contributed by atoms with van der Waals surface area (Å²) in [5.74, 6) is 0. The average molecular weight is 399 g/mol. The van der Waals surface area contributed by atoms with Crippen LogP contribution in [0.1, 0.15) is 28.4 Å². The Balaban J connectivity index is 2.07. The normalized spacial score (nSPS) is 14.8. The summed E-state index contributed by atoms with van der Waals surface area (Å²) in [7, 11) is 3.08. The zero-order chi connectivity index (χ0) is 21.3. The highest BCUT2D eigenvalue weighted by molar-refractivity contribution is 6.00. The molecule has 2 heterocycles. The molecule has 1 atom stereocenters. The van der Waals surface area contributed by atoms with Gasteiger partial charge in [-0.1, -0.05) is 53.6 Å². The van der Waals surface area contributed by atoms with Gasteiger partial charge in [-0.15, -0.1) is 0 Å². The second-order valence-electron chi connectivity index (χ2n) is 8.02. The molecule has 1 aliphatic carbocycles. The Morgan fingerprint density at radius 3 is 2.33 bits per heavy atom. The Kier molecular flexibility index (Phi) is 3.85. The molecular weight excluding hydrogens is 378 g/mol. The van der Waals surface area contributed by atoms with Crippen LogP contribution in [-0.4, -0.2) is 19.2 Å². The topological polar surface area (TPSA) is 77.1 Å². The Morgan fingerprint density at radius 1 is 0.967 bits per heavy atom. The van der Waals surface area contributed by atoms with Crippen molar-refractivity contribution in [3.63, 3.8) is 0 Å². The van der Waals surface area contributed by atoms with Crippen molar-refractivity contribution in [2.45, 2.75) is 20.0 Å². The predicted octanol–water partition coefficient (Wildman–Crippen LogP) is 2.98. The first-order valence-electron chi connectivity index (χ1n) is 9.79. The van der Waals surface area contributed by atoms with E-state index in [1.54, 1.807) is 7.05 Å². The first kappa shape index (κ1) is 18.5. The number of benzene rings is 2. The van der Waals surface area contributed by atoms with Crippen molar-refractivity contribution in [2.24, 2.45) is 14.1 Å². The molecule has 0 radical (unpaired) electrons. The molecule has 0 spiro atoms. The maximum absolute atomic E-state index is 13.3. The lowest BCUT2D eigenvalue weighted by atomic mass is 9.92. The second kappa shape index (κ2) is 6.24. The van der Waals surface area contributed by atoms with Crippen LogP contribution in [-0.2, 0) is 14.1 Å². The number of aryl methyl sites for hydroxylation is 3. The van der Waals surface area contributed by atoms with Gasteiger partial charge < -0.3 is 5.11 Å². The van der Waals surface area contributed by atoms with Gasteiger partial charge in [0, 0.05) is 30.8 Å². The molecule has 6 nitrogen and oxygen atoms in total. The summed E-state index contributed by atoms with van der Waals surface area (Å²) >= 11 is 0. The Hall–Kier alpha value is -3.51. The fraction of sp³-hybridized carbons (Fsp3) is 0.208. The van der Waals surface area contributed by atoms with Gasteiger partial charge in [-0.3, -0.25) is 13.9 Å². The standard InChI is InChI=1S/C24H21N3O3/c1-12-9-13(2)11-14(10-12)17-18-20(15-7-5-6-8-16(15)21(18)28)25-22-19(17)23(29)27(4)24(30)26(22)3/h5-11,21,28H,1-4H3/t21-/m1/s1. The van der Waals surface area contributed by atoms with Gasteiger partial charge in [0.1, 0.15) is 6.10 Å². The number of nitrogens with zero attached hydrogens (tertiary/aromatic N) is 3. The van der Waals surface area contributed by atoms with E-state index in [1.807, 2.05) is 50.2 Å². The van der Waals surface area contributed by atoms with Gasteiger partial charge in [-0.2, -0.15) is 0 Å². The quantitative estimate of drug-likeness (QED) is 0.534. The van der Waals surface area contributed by atoms with Crippen molar-refractivity contribution in [1.82, 2.24) is 14.1 Å². The van der Waals surface area contributed by atoms with Crippen LogP contribution in [0.25, 0.3) is 33.4 Å². The molecule has 0 saturated carbocycles. The molecule has 1 aliphatic rings. The first-order valence-corrected chi connectivity index (χ1v) is 9.79. The molecule has 5 rings (SSSR count). The zero-order valence-corrected chi connectivity index (χ0v) is 17.2. The van der Waals surface area contributed by atoms with Crippen molar-refractivity contribution >= 4 is 11.0 Å². The molecule has 0 unspecified atom stereocenters. The number of rotatable bonds is 1. The molecule has 2 aromatic heterocycles. The monoisotopic (exact) mass is 399 g/mol. The molecule has 0 saturated heterocycles. The lowest BCUT2D eigenvalue weighted by Gasteiger charge is -2.18. The maximum atomic E-state index is 13.3. The summed E-state index contributed by atoms with van der Waals surface area (Å²) in [5.41, 5.74) is 5.85. The molecule has 0 aliphatic heterocycles. The van der Waals surface area contributed by atoms with E-state index in [4.69, 9.17) is 4.98 Å². The van der Waals surface area contributed by atoms with Gasteiger partial charge in [0.2, 0.25) is 0 Å². The molecule has 1 N–H and O–H groups in total. The maximum Gasteiger partial charge on any atom is 0.332 e. The highest BCUT2D eigenvalue weighted by Crippen LogP contribution is 2.48. The lowest BCUT2D eigenvalue weighted by Crippen LogP contribution is -2.37. The molecule has 2 aromatic carbocycles. The number of pyridine rings is 1. The summed E-state index contributed by atoms with van der Waals surface area (Å²) in [6.45, 7) is 4.00. The van der Waals surface area contributed by atoms with E-state index in [0.29, 0.717) is 27.9 Å². The summed E-state index contributed by atoms with van der Waals surface area (Å²) in [5, 5.41) is 11.6. The molecule has 6 heteroatoms. The number of aromatic nitrogens is 3. The highest BCUT2D eigenvalue weighted by Gasteiger charge is 2.34. The summed E-state index contributed by atoms with van der Waals surface area (Å²) < 4.78 is 2.49. The molecule has 150 valence electrons. The third-order valence-corrected chi connectivity index (χ3v) is 5.92. The smallest absolute Gasteiger partial charge is 0.332 e.